The summed E-state index contributed by atoms with van der Waals surface area (Å²) in [4.78, 5) is 2.00. The smallest absolute Gasteiger partial charge is 0.0624 e. The van der Waals surface area contributed by atoms with Crippen LogP contribution in [-0.2, 0) is 0 Å². The number of nitriles is 1. The molecule has 0 bridgehead atoms. The van der Waals surface area contributed by atoms with Gasteiger partial charge in [-0.05, 0) is 39.9 Å². The van der Waals surface area contributed by atoms with Gasteiger partial charge in [-0.3, -0.25) is 0 Å². The number of allylic oxidation sites excluding steroid dienone is 2. The van der Waals surface area contributed by atoms with E-state index in [0.717, 1.165) is 19.3 Å². The second-order valence-corrected chi connectivity index (χ2v) is 3.51. The first-order valence-corrected chi connectivity index (χ1v) is 4.29. The van der Waals surface area contributed by atoms with E-state index < -0.39 is 0 Å². The Hall–Kier alpha value is -0.810. The molecule has 12 heavy (non-hydrogen) atoms. The van der Waals surface area contributed by atoms with Crippen LogP contribution in [0.15, 0.2) is 12.2 Å². The number of hydrogen-bond acceptors (Lipinski definition) is 2. The maximum Gasteiger partial charge on any atom is 0.0624 e. The van der Waals surface area contributed by atoms with E-state index in [1.165, 1.54) is 0 Å². The lowest BCUT2D eigenvalue weighted by Crippen LogP contribution is -1.99. The number of hydrogen-bond donors (Lipinski definition) is 0. The maximum absolute atomic E-state index is 8.25. The summed E-state index contributed by atoms with van der Waals surface area (Å²) in [5.74, 6) is 0.639. The van der Waals surface area contributed by atoms with Crippen molar-refractivity contribution >= 4 is 0 Å². The molecule has 0 atom stereocenters. The van der Waals surface area contributed by atoms with Crippen LogP contribution in [0.4, 0.5) is 0 Å². The first-order valence-electron chi connectivity index (χ1n) is 4.29. The molecule has 0 spiro atoms. The highest BCUT2D eigenvalue weighted by atomic mass is 15.0. The van der Waals surface area contributed by atoms with E-state index in [1.54, 1.807) is 0 Å². The summed E-state index contributed by atoms with van der Waals surface area (Å²) in [6.45, 7) is 0. The van der Waals surface area contributed by atoms with Gasteiger partial charge < -0.3 is 4.90 Å². The highest BCUT2D eigenvalue weighted by Crippen LogP contribution is 2.19. The van der Waals surface area contributed by atoms with E-state index in [1.807, 2.05) is 26.0 Å². The molecule has 0 aliphatic heterocycles. The van der Waals surface area contributed by atoms with Crippen LogP contribution in [0.25, 0.3) is 0 Å². The largest absolute Gasteiger partial charge is 0.312 e. The Morgan fingerprint density at radius 3 is 2.08 bits per heavy atom. The van der Waals surface area contributed by atoms with Crippen LogP contribution in [-0.4, -0.2) is 26.0 Å². The predicted octanol–water partition coefficient (Wildman–Crippen LogP) is 2.04. The Kier molecular flexibility index (Phi) is 6.41. The number of rotatable bonds is 1. The molecule has 0 saturated carbocycles. The van der Waals surface area contributed by atoms with E-state index in [-0.39, 0.29) is 0 Å². The van der Waals surface area contributed by atoms with Gasteiger partial charge in [0.05, 0.1) is 6.07 Å². The summed E-state index contributed by atoms with van der Waals surface area (Å²) in [5, 5.41) is 8.25. The molecular weight excluding hydrogens is 148 g/mol. The van der Waals surface area contributed by atoms with Gasteiger partial charge >= 0.3 is 0 Å². The van der Waals surface area contributed by atoms with Crippen molar-refractivity contribution < 1.29 is 0 Å². The van der Waals surface area contributed by atoms with Crippen LogP contribution in [0.2, 0.25) is 0 Å². The van der Waals surface area contributed by atoms with Crippen LogP contribution >= 0.6 is 0 Å². The van der Waals surface area contributed by atoms with Gasteiger partial charge in [-0.1, -0.05) is 12.2 Å². The molecule has 0 aromatic rings. The van der Waals surface area contributed by atoms with Crippen molar-refractivity contribution in [2.24, 2.45) is 5.92 Å². The van der Waals surface area contributed by atoms with E-state index in [4.69, 9.17) is 5.26 Å². The fourth-order valence-electron chi connectivity index (χ4n) is 0.969. The van der Waals surface area contributed by atoms with Crippen molar-refractivity contribution in [3.05, 3.63) is 12.2 Å². The van der Waals surface area contributed by atoms with Gasteiger partial charge in [-0.2, -0.15) is 5.26 Å². The predicted molar refractivity (Wildman–Crippen MR) is 51.7 cm³/mol. The molecule has 0 aromatic heterocycles. The molecule has 0 radical (unpaired) electrons. The van der Waals surface area contributed by atoms with E-state index in [0.29, 0.717) is 5.92 Å². The van der Waals surface area contributed by atoms with E-state index in [2.05, 4.69) is 18.2 Å². The molecule has 1 aliphatic rings. The first-order chi connectivity index (χ1) is 5.66. The minimum atomic E-state index is 0.639. The Labute approximate surface area is 75.5 Å². The Morgan fingerprint density at radius 1 is 1.33 bits per heavy atom. The summed E-state index contributed by atoms with van der Waals surface area (Å²) in [6, 6.07) is 2.17. The summed E-state index contributed by atoms with van der Waals surface area (Å²) in [5.41, 5.74) is 0. The van der Waals surface area contributed by atoms with Gasteiger partial charge in [0.1, 0.15) is 0 Å². The van der Waals surface area contributed by atoms with E-state index in [9.17, 15) is 0 Å². The molecular formula is C10H18N2. The fraction of sp³-hybridized carbons (Fsp3) is 0.700. The summed E-state index contributed by atoms with van der Waals surface area (Å²) < 4.78 is 0. The zero-order valence-electron chi connectivity index (χ0n) is 8.25. The molecule has 0 fully saturated rings. The summed E-state index contributed by atoms with van der Waals surface area (Å²) in [6.07, 6.45) is 7.28. The third-order valence-corrected chi connectivity index (χ3v) is 1.49. The molecule has 0 N–H and O–H groups in total. The van der Waals surface area contributed by atoms with Gasteiger partial charge in [0.25, 0.3) is 0 Å². The highest BCUT2D eigenvalue weighted by molar-refractivity contribution is 4.96. The Morgan fingerprint density at radius 2 is 1.75 bits per heavy atom. The molecule has 68 valence electrons. The van der Waals surface area contributed by atoms with Gasteiger partial charge in [-0.25, -0.2) is 0 Å². The lowest BCUT2D eigenvalue weighted by Gasteiger charge is -1.98. The van der Waals surface area contributed by atoms with Crippen LogP contribution in [0.5, 0.6) is 0 Å². The average molecular weight is 166 g/mol. The van der Waals surface area contributed by atoms with Crippen LogP contribution in [0, 0.1) is 17.2 Å². The standard InChI is InChI=1S/C7H9N.C3H9N/c8-6-5-7-3-1-2-4-7;1-4(2)3/h1-2,7H,3-5H2;1-3H3. The van der Waals surface area contributed by atoms with Crippen LogP contribution < -0.4 is 0 Å². The van der Waals surface area contributed by atoms with Gasteiger partial charge in [-0.15, -0.1) is 0 Å². The summed E-state index contributed by atoms with van der Waals surface area (Å²) >= 11 is 0. The highest BCUT2D eigenvalue weighted by Gasteiger charge is 2.07. The monoisotopic (exact) mass is 166 g/mol. The van der Waals surface area contributed by atoms with Crippen molar-refractivity contribution in [1.82, 2.24) is 4.90 Å². The minimum Gasteiger partial charge on any atom is -0.312 e. The topological polar surface area (TPSA) is 27.0 Å². The quantitative estimate of drug-likeness (QED) is 0.557. The van der Waals surface area contributed by atoms with Crippen LogP contribution in [0.1, 0.15) is 19.3 Å². The summed E-state index contributed by atoms with van der Waals surface area (Å²) in [7, 11) is 6.00. The van der Waals surface area contributed by atoms with Crippen molar-refractivity contribution in [3.8, 4) is 6.07 Å². The third kappa shape index (κ3) is 7.30. The maximum atomic E-state index is 8.25. The Bertz CT molecular complexity index is 154. The lowest BCUT2D eigenvalue weighted by molar-refractivity contribution is 0.505. The molecule has 2 nitrogen and oxygen atoms in total. The molecule has 0 saturated heterocycles. The minimum absolute atomic E-state index is 0.639. The third-order valence-electron chi connectivity index (χ3n) is 1.49. The molecule has 2 heteroatoms. The normalized spacial score (nSPS) is 15.6. The number of nitrogens with zero attached hydrogens (tertiary/aromatic N) is 2. The van der Waals surface area contributed by atoms with Crippen molar-refractivity contribution in [1.29, 1.82) is 5.26 Å². The molecule has 0 unspecified atom stereocenters. The van der Waals surface area contributed by atoms with Crippen molar-refractivity contribution in [2.45, 2.75) is 19.3 Å². The zero-order chi connectivity index (χ0) is 9.40. The van der Waals surface area contributed by atoms with Crippen LogP contribution in [0.3, 0.4) is 0 Å². The van der Waals surface area contributed by atoms with E-state index >= 15 is 0 Å². The fourth-order valence-corrected chi connectivity index (χ4v) is 0.969. The zero-order valence-corrected chi connectivity index (χ0v) is 8.25. The Balaban J connectivity index is 0.000000261. The molecule has 0 aromatic carbocycles. The first kappa shape index (κ1) is 11.2. The second-order valence-electron chi connectivity index (χ2n) is 3.51. The molecule has 0 heterocycles. The molecule has 1 rings (SSSR count). The average Bonchev–Trinajstić information content (AvgIpc) is 2.39. The SMILES string of the molecule is CN(C)C.N#CCC1CC=CC1. The van der Waals surface area contributed by atoms with Gasteiger partial charge in [0, 0.05) is 6.42 Å². The second kappa shape index (κ2) is 6.87. The lowest BCUT2D eigenvalue weighted by atomic mass is 10.1. The van der Waals surface area contributed by atoms with Crippen molar-refractivity contribution in [3.63, 3.8) is 0 Å². The molecule has 1 aliphatic carbocycles. The molecule has 0 amide bonds. The van der Waals surface area contributed by atoms with Crippen molar-refractivity contribution in [2.75, 3.05) is 21.1 Å². The van der Waals surface area contributed by atoms with Gasteiger partial charge in [0.15, 0.2) is 0 Å². The van der Waals surface area contributed by atoms with Gasteiger partial charge in [0.2, 0.25) is 0 Å².